The van der Waals surface area contributed by atoms with Gasteiger partial charge in [-0.15, -0.1) is 21.5 Å². The fraction of sp³-hybridized carbons (Fsp3) is 0.348. The number of thiophene rings is 1. The lowest BCUT2D eigenvalue weighted by Gasteiger charge is -2.10. The van der Waals surface area contributed by atoms with E-state index in [2.05, 4.69) is 15.5 Å². The van der Waals surface area contributed by atoms with E-state index in [9.17, 15) is 14.4 Å². The summed E-state index contributed by atoms with van der Waals surface area (Å²) in [5.74, 6) is -0.649. The minimum Gasteiger partial charge on any atom is -0.484 e. The van der Waals surface area contributed by atoms with Crippen molar-refractivity contribution in [3.8, 4) is 5.75 Å². The molecule has 192 valence electrons. The number of amides is 2. The number of rotatable bonds is 10. The second kappa shape index (κ2) is 11.8. The lowest BCUT2D eigenvalue weighted by atomic mass is 10.1. The molecule has 0 aliphatic rings. The molecule has 3 N–H and O–H groups in total. The van der Waals surface area contributed by atoms with Crippen molar-refractivity contribution < 1.29 is 23.9 Å². The third kappa shape index (κ3) is 6.56. The quantitative estimate of drug-likeness (QED) is 0.283. The van der Waals surface area contributed by atoms with Crippen LogP contribution in [0.2, 0.25) is 5.02 Å². The molecule has 2 aromatic heterocycles. The number of nitrogens with two attached hydrogens (primary N) is 1. The summed E-state index contributed by atoms with van der Waals surface area (Å²) in [6.45, 7) is 7.09. The highest BCUT2D eigenvalue weighted by Crippen LogP contribution is 2.34. The first-order chi connectivity index (χ1) is 17.0. The number of aryl methyl sites for hydroxylation is 1. The zero-order chi connectivity index (χ0) is 26.6. The van der Waals surface area contributed by atoms with Crippen LogP contribution in [0, 0.1) is 13.8 Å². The SMILES string of the molecule is Cc1ccc(Cl)c(OCc2nnc(SCC(=O)Nc3sc(C(N)=O)c(C)c3C(=O)OC(C)C)n2C)c1. The van der Waals surface area contributed by atoms with Crippen molar-refractivity contribution in [2.45, 2.75) is 45.6 Å². The Hall–Kier alpha value is -3.09. The number of anilines is 1. The Kier molecular flexibility index (Phi) is 8.98. The van der Waals surface area contributed by atoms with Gasteiger partial charge in [0.2, 0.25) is 5.91 Å². The lowest BCUT2D eigenvalue weighted by Crippen LogP contribution is -2.18. The molecule has 36 heavy (non-hydrogen) atoms. The normalized spacial score (nSPS) is 11.0. The van der Waals surface area contributed by atoms with Gasteiger partial charge in [-0.05, 0) is 51.0 Å². The smallest absolute Gasteiger partial charge is 0.341 e. The van der Waals surface area contributed by atoms with Gasteiger partial charge in [0.15, 0.2) is 11.0 Å². The van der Waals surface area contributed by atoms with Gasteiger partial charge in [-0.1, -0.05) is 29.4 Å². The van der Waals surface area contributed by atoms with Crippen molar-refractivity contribution in [2.75, 3.05) is 11.1 Å². The van der Waals surface area contributed by atoms with Crippen molar-refractivity contribution >= 4 is 57.5 Å². The Labute approximate surface area is 221 Å². The molecule has 0 atom stereocenters. The number of ether oxygens (including phenoxy) is 2. The van der Waals surface area contributed by atoms with Gasteiger partial charge in [-0.3, -0.25) is 9.59 Å². The van der Waals surface area contributed by atoms with Gasteiger partial charge in [0.1, 0.15) is 17.4 Å². The van der Waals surface area contributed by atoms with Crippen molar-refractivity contribution in [1.29, 1.82) is 0 Å². The van der Waals surface area contributed by atoms with Gasteiger partial charge in [-0.2, -0.15) is 0 Å². The fourth-order valence-electron chi connectivity index (χ4n) is 3.11. The molecule has 0 fully saturated rings. The van der Waals surface area contributed by atoms with Crippen molar-refractivity contribution in [1.82, 2.24) is 14.8 Å². The Balaban J connectivity index is 1.66. The molecule has 0 unspecified atom stereocenters. The molecule has 0 aliphatic heterocycles. The maximum absolute atomic E-state index is 12.7. The number of halogens is 1. The van der Waals surface area contributed by atoms with Crippen molar-refractivity contribution in [3.63, 3.8) is 0 Å². The number of nitrogens with one attached hydrogen (secondary N) is 1. The van der Waals surface area contributed by atoms with E-state index in [1.807, 2.05) is 19.1 Å². The molecule has 3 rings (SSSR count). The van der Waals surface area contributed by atoms with Gasteiger partial charge in [0.25, 0.3) is 5.91 Å². The molecule has 0 bridgehead atoms. The van der Waals surface area contributed by atoms with Gasteiger partial charge < -0.3 is 25.1 Å². The average Bonchev–Trinajstić information content (AvgIpc) is 3.31. The van der Waals surface area contributed by atoms with E-state index in [0.717, 1.165) is 28.7 Å². The van der Waals surface area contributed by atoms with Gasteiger partial charge >= 0.3 is 5.97 Å². The summed E-state index contributed by atoms with van der Waals surface area (Å²) in [5, 5.41) is 12.1. The number of esters is 1. The molecule has 0 radical (unpaired) electrons. The molecule has 10 nitrogen and oxygen atoms in total. The Morgan fingerprint density at radius 3 is 2.64 bits per heavy atom. The van der Waals surface area contributed by atoms with Crippen molar-refractivity contribution in [3.05, 3.63) is 50.6 Å². The number of thioether (sulfide) groups is 1. The van der Waals surface area contributed by atoms with Crippen LogP contribution in [0.3, 0.4) is 0 Å². The summed E-state index contributed by atoms with van der Waals surface area (Å²) in [7, 11) is 1.76. The van der Waals surface area contributed by atoms with Crippen molar-refractivity contribution in [2.24, 2.45) is 12.8 Å². The third-order valence-corrected chi connectivity index (χ3v) is 7.43. The highest BCUT2D eigenvalue weighted by atomic mass is 35.5. The molecule has 2 heterocycles. The number of nitrogens with zero attached hydrogens (tertiary/aromatic N) is 3. The van der Waals surface area contributed by atoms with Crippen LogP contribution < -0.4 is 15.8 Å². The molecule has 1 aromatic carbocycles. The van der Waals surface area contributed by atoms with E-state index in [1.165, 1.54) is 0 Å². The number of benzene rings is 1. The van der Waals surface area contributed by atoms with Crippen LogP contribution >= 0.6 is 34.7 Å². The summed E-state index contributed by atoms with van der Waals surface area (Å²) in [5.41, 5.74) is 6.93. The van der Waals surface area contributed by atoms with Crippen LogP contribution in [0.5, 0.6) is 5.75 Å². The third-order valence-electron chi connectivity index (χ3n) is 4.87. The monoisotopic (exact) mass is 551 g/mol. The first kappa shape index (κ1) is 27.5. The standard InChI is InChI=1S/C23H26ClN5O5S2/c1-11(2)34-22(32)18-13(4)19(20(25)31)36-21(18)26-17(30)10-35-23-28-27-16(29(23)5)9-33-15-8-12(3)6-7-14(15)24/h6-8,11H,9-10H2,1-5H3,(H2,25,31)(H,26,30). The number of hydrogen-bond donors (Lipinski definition) is 2. The summed E-state index contributed by atoms with van der Waals surface area (Å²) in [6, 6.07) is 5.48. The van der Waals surface area contributed by atoms with Crippen LogP contribution in [0.25, 0.3) is 0 Å². The molecule has 3 aromatic rings. The van der Waals surface area contributed by atoms with Crippen LogP contribution in [0.15, 0.2) is 23.4 Å². The van der Waals surface area contributed by atoms with E-state index >= 15 is 0 Å². The topological polar surface area (TPSA) is 138 Å². The predicted octanol–water partition coefficient (Wildman–Crippen LogP) is 4.12. The molecule has 0 saturated carbocycles. The summed E-state index contributed by atoms with van der Waals surface area (Å²) in [4.78, 5) is 37.2. The van der Waals surface area contributed by atoms with E-state index in [4.69, 9.17) is 26.8 Å². The number of aromatic nitrogens is 3. The molecular weight excluding hydrogens is 526 g/mol. The van der Waals surface area contributed by atoms with Gasteiger partial charge in [0, 0.05) is 7.05 Å². The highest BCUT2D eigenvalue weighted by Gasteiger charge is 2.26. The Morgan fingerprint density at radius 2 is 1.97 bits per heavy atom. The zero-order valence-corrected chi connectivity index (χ0v) is 22.8. The second-order valence-electron chi connectivity index (χ2n) is 8.10. The van der Waals surface area contributed by atoms with Gasteiger partial charge in [0.05, 0.1) is 27.3 Å². The van der Waals surface area contributed by atoms with Gasteiger partial charge in [-0.25, -0.2) is 4.79 Å². The highest BCUT2D eigenvalue weighted by molar-refractivity contribution is 7.99. The minimum absolute atomic E-state index is 0.0158. The second-order valence-corrected chi connectivity index (χ2v) is 10.5. The average molecular weight is 552 g/mol. The van der Waals surface area contributed by atoms with Crippen LogP contribution in [-0.4, -0.2) is 44.4 Å². The molecule has 0 saturated heterocycles. The predicted molar refractivity (Wildman–Crippen MR) is 139 cm³/mol. The number of hydrogen-bond acceptors (Lipinski definition) is 9. The van der Waals surface area contributed by atoms with E-state index in [1.54, 1.807) is 38.5 Å². The Bertz CT molecular complexity index is 1300. The zero-order valence-electron chi connectivity index (χ0n) is 20.4. The summed E-state index contributed by atoms with van der Waals surface area (Å²) >= 11 is 8.27. The minimum atomic E-state index is -0.688. The molecule has 0 aliphatic carbocycles. The Morgan fingerprint density at radius 1 is 1.25 bits per heavy atom. The first-order valence-corrected chi connectivity index (χ1v) is 13.0. The summed E-state index contributed by atoms with van der Waals surface area (Å²) < 4.78 is 12.8. The molecule has 2 amide bonds. The molecule has 0 spiro atoms. The number of primary amides is 1. The van der Waals surface area contributed by atoms with Crippen LogP contribution in [0.1, 0.15) is 50.8 Å². The fourth-order valence-corrected chi connectivity index (χ4v) is 5.07. The number of carbonyl (C=O) groups excluding carboxylic acids is 3. The van der Waals surface area contributed by atoms with E-state index in [0.29, 0.717) is 27.3 Å². The largest absolute Gasteiger partial charge is 0.484 e. The van der Waals surface area contributed by atoms with Crippen LogP contribution in [0.4, 0.5) is 5.00 Å². The first-order valence-electron chi connectivity index (χ1n) is 10.8. The number of carbonyl (C=O) groups is 3. The van der Waals surface area contributed by atoms with E-state index in [-0.39, 0.29) is 33.9 Å². The lowest BCUT2D eigenvalue weighted by molar-refractivity contribution is -0.113. The molecule has 13 heteroatoms. The van der Waals surface area contributed by atoms with E-state index < -0.39 is 17.8 Å². The summed E-state index contributed by atoms with van der Waals surface area (Å²) in [6.07, 6.45) is -0.371. The maximum atomic E-state index is 12.7. The molecular formula is C23H26ClN5O5S2. The maximum Gasteiger partial charge on any atom is 0.341 e. The van der Waals surface area contributed by atoms with Crippen LogP contribution in [-0.2, 0) is 23.2 Å².